The van der Waals surface area contributed by atoms with Crippen LogP contribution in [0.2, 0.25) is 0 Å². The Morgan fingerprint density at radius 2 is 1.95 bits per heavy atom. The zero-order chi connectivity index (χ0) is 13.7. The van der Waals surface area contributed by atoms with Gasteiger partial charge in [-0.25, -0.2) is 4.79 Å². The number of aromatic carboxylic acids is 1. The molecule has 0 saturated heterocycles. The molecule has 0 radical (unpaired) electrons. The SMILES string of the molecule is CCc1ncc(/C=C/c2ccncc2)cc1C(=O)O. The largest absolute Gasteiger partial charge is 0.478 e. The van der Waals surface area contributed by atoms with Crippen LogP contribution < -0.4 is 0 Å². The van der Waals surface area contributed by atoms with Crippen molar-refractivity contribution in [2.45, 2.75) is 13.3 Å². The van der Waals surface area contributed by atoms with Gasteiger partial charge < -0.3 is 5.11 Å². The standard InChI is InChI=1S/C15H14N2O2/c1-2-14-13(15(18)19)9-12(10-17-14)4-3-11-5-7-16-8-6-11/h3-10H,2H2,1H3,(H,18,19)/b4-3+. The predicted molar refractivity (Wildman–Crippen MR) is 73.7 cm³/mol. The lowest BCUT2D eigenvalue weighted by atomic mass is 10.1. The molecule has 0 saturated carbocycles. The molecule has 0 aliphatic rings. The van der Waals surface area contributed by atoms with Gasteiger partial charge in [-0.3, -0.25) is 9.97 Å². The molecule has 4 heteroatoms. The lowest BCUT2D eigenvalue weighted by Crippen LogP contribution is -2.04. The lowest BCUT2D eigenvalue weighted by Gasteiger charge is -2.03. The second-order valence-corrected chi connectivity index (χ2v) is 4.04. The van der Waals surface area contributed by atoms with Gasteiger partial charge in [-0.1, -0.05) is 19.1 Å². The first-order valence-electron chi connectivity index (χ1n) is 6.01. The van der Waals surface area contributed by atoms with E-state index in [-0.39, 0.29) is 5.56 Å². The van der Waals surface area contributed by atoms with Crippen LogP contribution in [0.25, 0.3) is 12.2 Å². The van der Waals surface area contributed by atoms with E-state index in [9.17, 15) is 4.79 Å². The monoisotopic (exact) mass is 254 g/mol. The van der Waals surface area contributed by atoms with Gasteiger partial charge in [-0.2, -0.15) is 0 Å². The molecule has 2 heterocycles. The average Bonchev–Trinajstić information content (AvgIpc) is 2.46. The number of carboxylic acids is 1. The van der Waals surface area contributed by atoms with Crippen LogP contribution in [0.5, 0.6) is 0 Å². The third kappa shape index (κ3) is 3.25. The summed E-state index contributed by atoms with van der Waals surface area (Å²) in [6, 6.07) is 5.40. The zero-order valence-corrected chi connectivity index (χ0v) is 10.6. The Morgan fingerprint density at radius 1 is 1.26 bits per heavy atom. The Morgan fingerprint density at radius 3 is 2.58 bits per heavy atom. The van der Waals surface area contributed by atoms with Gasteiger partial charge in [0, 0.05) is 18.6 Å². The van der Waals surface area contributed by atoms with E-state index < -0.39 is 5.97 Å². The Hall–Kier alpha value is -2.49. The van der Waals surface area contributed by atoms with Gasteiger partial charge in [0.25, 0.3) is 0 Å². The Bertz CT molecular complexity index is 607. The molecule has 0 aliphatic heterocycles. The summed E-state index contributed by atoms with van der Waals surface area (Å²) in [5.74, 6) is -0.941. The highest BCUT2D eigenvalue weighted by Gasteiger charge is 2.09. The van der Waals surface area contributed by atoms with Gasteiger partial charge in [-0.05, 0) is 35.7 Å². The van der Waals surface area contributed by atoms with Crippen LogP contribution in [0.4, 0.5) is 0 Å². The fraction of sp³-hybridized carbons (Fsp3) is 0.133. The maximum Gasteiger partial charge on any atom is 0.337 e. The summed E-state index contributed by atoms with van der Waals surface area (Å²) in [5, 5.41) is 9.13. The smallest absolute Gasteiger partial charge is 0.337 e. The number of aryl methyl sites for hydroxylation is 1. The Labute approximate surface area is 111 Å². The molecule has 0 bridgehead atoms. The van der Waals surface area contributed by atoms with E-state index in [1.54, 1.807) is 24.7 Å². The number of hydrogen-bond acceptors (Lipinski definition) is 3. The molecule has 0 atom stereocenters. The molecule has 2 aromatic rings. The second-order valence-electron chi connectivity index (χ2n) is 4.04. The summed E-state index contributed by atoms with van der Waals surface area (Å²) < 4.78 is 0. The molecule has 0 unspecified atom stereocenters. The molecule has 0 amide bonds. The van der Waals surface area contributed by atoms with E-state index in [2.05, 4.69) is 9.97 Å². The molecule has 1 N–H and O–H groups in total. The van der Waals surface area contributed by atoms with Crippen molar-refractivity contribution in [2.24, 2.45) is 0 Å². The maximum absolute atomic E-state index is 11.1. The van der Waals surface area contributed by atoms with Crippen LogP contribution in [0.1, 0.15) is 34.1 Å². The fourth-order valence-electron chi connectivity index (χ4n) is 1.73. The van der Waals surface area contributed by atoms with Crippen molar-refractivity contribution >= 4 is 18.1 Å². The van der Waals surface area contributed by atoms with Gasteiger partial charge in [0.1, 0.15) is 0 Å². The van der Waals surface area contributed by atoms with E-state index in [1.807, 2.05) is 31.2 Å². The highest BCUT2D eigenvalue weighted by Crippen LogP contribution is 2.13. The van der Waals surface area contributed by atoms with Crippen LogP contribution in [-0.2, 0) is 6.42 Å². The van der Waals surface area contributed by atoms with Crippen molar-refractivity contribution in [2.75, 3.05) is 0 Å². The Kier molecular flexibility index (Phi) is 4.03. The van der Waals surface area contributed by atoms with Crippen LogP contribution >= 0.6 is 0 Å². The van der Waals surface area contributed by atoms with Gasteiger partial charge >= 0.3 is 5.97 Å². The topological polar surface area (TPSA) is 63.1 Å². The quantitative estimate of drug-likeness (QED) is 0.911. The van der Waals surface area contributed by atoms with Crippen molar-refractivity contribution in [1.29, 1.82) is 0 Å². The minimum Gasteiger partial charge on any atom is -0.478 e. The molecule has 0 aliphatic carbocycles. The summed E-state index contributed by atoms with van der Waals surface area (Å²) in [5.41, 5.74) is 2.64. The van der Waals surface area contributed by atoms with Crippen LogP contribution in [0.15, 0.2) is 36.8 Å². The molecular formula is C15H14N2O2. The van der Waals surface area contributed by atoms with Gasteiger partial charge in [-0.15, -0.1) is 0 Å². The first-order valence-corrected chi connectivity index (χ1v) is 6.01. The zero-order valence-electron chi connectivity index (χ0n) is 10.6. The number of aromatic nitrogens is 2. The molecule has 2 rings (SSSR count). The first kappa shape index (κ1) is 13.0. The molecule has 0 fully saturated rings. The molecule has 0 spiro atoms. The number of hydrogen-bond donors (Lipinski definition) is 1. The van der Waals surface area contributed by atoms with E-state index in [0.29, 0.717) is 12.1 Å². The third-order valence-corrected chi connectivity index (χ3v) is 2.73. The fourth-order valence-corrected chi connectivity index (χ4v) is 1.73. The summed E-state index contributed by atoms with van der Waals surface area (Å²) in [4.78, 5) is 19.3. The summed E-state index contributed by atoms with van der Waals surface area (Å²) in [7, 11) is 0. The average molecular weight is 254 g/mol. The van der Waals surface area contributed by atoms with Crippen LogP contribution in [0, 0.1) is 0 Å². The summed E-state index contributed by atoms with van der Waals surface area (Å²) in [6.45, 7) is 1.89. The first-order chi connectivity index (χ1) is 9.20. The second kappa shape index (κ2) is 5.91. The highest BCUT2D eigenvalue weighted by atomic mass is 16.4. The molecule has 19 heavy (non-hydrogen) atoms. The maximum atomic E-state index is 11.1. The normalized spacial score (nSPS) is 10.8. The van der Waals surface area contributed by atoms with Crippen molar-refractivity contribution in [1.82, 2.24) is 9.97 Å². The Balaban J connectivity index is 2.29. The van der Waals surface area contributed by atoms with E-state index in [1.165, 1.54) is 0 Å². The number of rotatable bonds is 4. The van der Waals surface area contributed by atoms with Crippen LogP contribution in [-0.4, -0.2) is 21.0 Å². The number of carboxylic acid groups (broad SMARTS) is 1. The van der Waals surface area contributed by atoms with Crippen LogP contribution in [0.3, 0.4) is 0 Å². The number of nitrogens with zero attached hydrogens (tertiary/aromatic N) is 2. The summed E-state index contributed by atoms with van der Waals surface area (Å²) in [6.07, 6.45) is 9.45. The van der Waals surface area contributed by atoms with E-state index in [4.69, 9.17) is 5.11 Å². The van der Waals surface area contributed by atoms with Gasteiger partial charge in [0.15, 0.2) is 0 Å². The molecule has 4 nitrogen and oxygen atoms in total. The summed E-state index contributed by atoms with van der Waals surface area (Å²) >= 11 is 0. The molecular weight excluding hydrogens is 240 g/mol. The highest BCUT2D eigenvalue weighted by molar-refractivity contribution is 5.90. The van der Waals surface area contributed by atoms with Crippen molar-refractivity contribution in [3.63, 3.8) is 0 Å². The van der Waals surface area contributed by atoms with Crippen molar-refractivity contribution in [3.05, 3.63) is 59.2 Å². The molecule has 96 valence electrons. The lowest BCUT2D eigenvalue weighted by molar-refractivity contribution is 0.0695. The van der Waals surface area contributed by atoms with Gasteiger partial charge in [0.2, 0.25) is 0 Å². The predicted octanol–water partition coefficient (Wildman–Crippen LogP) is 2.91. The minimum atomic E-state index is -0.941. The van der Waals surface area contributed by atoms with Crippen molar-refractivity contribution in [3.8, 4) is 0 Å². The number of pyridine rings is 2. The molecule has 0 aromatic carbocycles. The minimum absolute atomic E-state index is 0.263. The molecule has 2 aromatic heterocycles. The van der Waals surface area contributed by atoms with E-state index >= 15 is 0 Å². The van der Waals surface area contributed by atoms with Crippen molar-refractivity contribution < 1.29 is 9.90 Å². The number of carbonyl (C=O) groups is 1. The van der Waals surface area contributed by atoms with E-state index in [0.717, 1.165) is 11.1 Å². The van der Waals surface area contributed by atoms with Gasteiger partial charge in [0.05, 0.1) is 11.3 Å². The third-order valence-electron chi connectivity index (χ3n) is 2.73.